The summed E-state index contributed by atoms with van der Waals surface area (Å²) in [6.07, 6.45) is -2.62. The van der Waals surface area contributed by atoms with Crippen molar-refractivity contribution in [3.63, 3.8) is 0 Å². The van der Waals surface area contributed by atoms with Crippen LogP contribution in [0.15, 0.2) is 29.1 Å². The van der Waals surface area contributed by atoms with Gasteiger partial charge in [0.1, 0.15) is 16.9 Å². The van der Waals surface area contributed by atoms with Gasteiger partial charge in [-0.15, -0.1) is 0 Å². The van der Waals surface area contributed by atoms with E-state index in [0.29, 0.717) is 30.8 Å². The lowest BCUT2D eigenvalue weighted by atomic mass is 10.1. The zero-order chi connectivity index (χ0) is 24.4. The van der Waals surface area contributed by atoms with Gasteiger partial charge in [-0.3, -0.25) is 14.5 Å². The first-order valence-corrected chi connectivity index (χ1v) is 10.9. The number of fused-ring (bicyclic) bond motifs is 1. The number of pyridine rings is 1. The van der Waals surface area contributed by atoms with E-state index in [-0.39, 0.29) is 22.5 Å². The first-order chi connectivity index (χ1) is 16.2. The normalized spacial score (nSPS) is 14.7. The highest BCUT2D eigenvalue weighted by Crippen LogP contribution is 2.22. The van der Waals surface area contributed by atoms with Crippen molar-refractivity contribution >= 4 is 22.6 Å². The van der Waals surface area contributed by atoms with Crippen LogP contribution in [-0.2, 0) is 6.54 Å². The van der Waals surface area contributed by atoms with Gasteiger partial charge in [0, 0.05) is 32.7 Å². The summed E-state index contributed by atoms with van der Waals surface area (Å²) in [6.45, 7) is 5.97. The van der Waals surface area contributed by atoms with E-state index >= 15 is 0 Å². The van der Waals surface area contributed by atoms with Gasteiger partial charge in [-0.25, -0.2) is 23.1 Å². The summed E-state index contributed by atoms with van der Waals surface area (Å²) in [7, 11) is 0. The van der Waals surface area contributed by atoms with E-state index < -0.39 is 24.7 Å². The first kappa shape index (κ1) is 23.7. The molecule has 3 heterocycles. The van der Waals surface area contributed by atoms with Crippen LogP contribution in [0.4, 0.5) is 18.9 Å². The second-order valence-electron chi connectivity index (χ2n) is 8.29. The van der Waals surface area contributed by atoms with Gasteiger partial charge in [0.25, 0.3) is 17.9 Å². The van der Waals surface area contributed by atoms with Gasteiger partial charge in [0.15, 0.2) is 5.82 Å². The monoisotopic (exact) mass is 474 g/mol. The summed E-state index contributed by atoms with van der Waals surface area (Å²) >= 11 is 0. The number of rotatable bonds is 6. The number of aromatic amines is 1. The number of amides is 1. The van der Waals surface area contributed by atoms with Crippen molar-refractivity contribution in [2.24, 2.45) is 0 Å². The van der Waals surface area contributed by atoms with Crippen LogP contribution in [0.2, 0.25) is 0 Å². The Kier molecular flexibility index (Phi) is 6.82. The van der Waals surface area contributed by atoms with Crippen LogP contribution in [0.5, 0.6) is 0 Å². The molecule has 0 spiro atoms. The number of benzene rings is 1. The fraction of sp³-hybridized carbons (Fsp3) is 0.391. The van der Waals surface area contributed by atoms with E-state index in [9.17, 15) is 22.8 Å². The molecule has 8 nitrogen and oxygen atoms in total. The van der Waals surface area contributed by atoms with Gasteiger partial charge >= 0.3 is 0 Å². The lowest BCUT2D eigenvalue weighted by Gasteiger charge is -2.36. The van der Waals surface area contributed by atoms with Gasteiger partial charge in [0.05, 0.1) is 23.4 Å². The molecule has 0 atom stereocenters. The Hall–Kier alpha value is -3.47. The summed E-state index contributed by atoms with van der Waals surface area (Å²) in [5, 5.41) is 2.15. The molecular weight excluding hydrogens is 449 g/mol. The van der Waals surface area contributed by atoms with Crippen molar-refractivity contribution in [2.75, 3.05) is 37.6 Å². The second kappa shape index (κ2) is 9.80. The molecule has 0 bridgehead atoms. The molecule has 1 amide bonds. The number of alkyl halides is 2. The summed E-state index contributed by atoms with van der Waals surface area (Å²) in [5.74, 6) is -1.10. The van der Waals surface area contributed by atoms with E-state index in [1.807, 2.05) is 0 Å². The van der Waals surface area contributed by atoms with E-state index in [4.69, 9.17) is 0 Å². The molecule has 34 heavy (non-hydrogen) atoms. The maximum Gasteiger partial charge on any atom is 0.270 e. The molecule has 1 aliphatic heterocycles. The number of aryl methyl sites for hydroxylation is 2. The molecule has 2 N–H and O–H groups in total. The fourth-order valence-corrected chi connectivity index (χ4v) is 4.07. The Morgan fingerprint density at radius 2 is 1.85 bits per heavy atom. The Bertz CT molecular complexity index is 1270. The lowest BCUT2D eigenvalue weighted by molar-refractivity contribution is 0.0887. The van der Waals surface area contributed by atoms with Crippen molar-refractivity contribution < 1.29 is 18.0 Å². The molecule has 1 saturated heterocycles. The number of carbonyl (C=O) groups excluding carboxylic acids is 1. The van der Waals surface area contributed by atoms with E-state index in [1.165, 1.54) is 19.1 Å². The minimum absolute atomic E-state index is 0.0987. The third-order valence-electron chi connectivity index (χ3n) is 5.81. The number of H-pyrrole nitrogens is 1. The van der Waals surface area contributed by atoms with Crippen molar-refractivity contribution in [3.05, 3.63) is 63.1 Å². The van der Waals surface area contributed by atoms with E-state index in [2.05, 4.69) is 30.1 Å². The summed E-state index contributed by atoms with van der Waals surface area (Å²) in [6, 6.07) is 6.51. The van der Waals surface area contributed by atoms with Crippen molar-refractivity contribution in [3.8, 4) is 0 Å². The van der Waals surface area contributed by atoms with Gasteiger partial charge < -0.3 is 15.2 Å². The highest BCUT2D eigenvalue weighted by molar-refractivity contribution is 5.92. The third kappa shape index (κ3) is 5.19. The topological polar surface area (TPSA) is 94.2 Å². The molecule has 1 aliphatic rings. The zero-order valence-corrected chi connectivity index (χ0v) is 18.9. The number of hydrogen-bond donors (Lipinski definition) is 2. The molecule has 2 aromatic heterocycles. The first-order valence-electron chi connectivity index (χ1n) is 10.9. The Morgan fingerprint density at radius 3 is 2.53 bits per heavy atom. The quantitative estimate of drug-likeness (QED) is 0.570. The molecule has 1 fully saturated rings. The largest absolute Gasteiger partial charge is 0.368 e. The average Bonchev–Trinajstić information content (AvgIpc) is 2.79. The van der Waals surface area contributed by atoms with Crippen LogP contribution >= 0.6 is 0 Å². The zero-order valence-electron chi connectivity index (χ0n) is 18.9. The predicted molar refractivity (Wildman–Crippen MR) is 122 cm³/mol. The molecule has 3 aromatic rings. The molecule has 0 radical (unpaired) electrons. The van der Waals surface area contributed by atoms with Gasteiger partial charge in [-0.05, 0) is 43.7 Å². The fourth-order valence-electron chi connectivity index (χ4n) is 4.07. The number of aromatic nitrogens is 3. The number of nitrogens with zero attached hydrogens (tertiary/aromatic N) is 4. The van der Waals surface area contributed by atoms with Crippen LogP contribution in [0.25, 0.3) is 11.0 Å². The summed E-state index contributed by atoms with van der Waals surface area (Å²) in [5.41, 5.74) is 2.78. The Labute approximate surface area is 193 Å². The number of carbonyl (C=O) groups is 1. The highest BCUT2D eigenvalue weighted by Gasteiger charge is 2.21. The maximum absolute atomic E-state index is 14.5. The van der Waals surface area contributed by atoms with E-state index in [1.54, 1.807) is 19.1 Å². The van der Waals surface area contributed by atoms with Crippen LogP contribution in [0, 0.1) is 19.7 Å². The minimum Gasteiger partial charge on any atom is -0.368 e. The molecule has 11 heteroatoms. The van der Waals surface area contributed by atoms with Gasteiger partial charge in [-0.1, -0.05) is 0 Å². The smallest absolute Gasteiger partial charge is 0.270 e. The molecule has 1 aromatic carbocycles. The Morgan fingerprint density at radius 1 is 1.12 bits per heavy atom. The lowest BCUT2D eigenvalue weighted by Crippen LogP contribution is -2.46. The summed E-state index contributed by atoms with van der Waals surface area (Å²) in [4.78, 5) is 39.1. The third-order valence-corrected chi connectivity index (χ3v) is 5.81. The minimum atomic E-state index is -2.62. The predicted octanol–water partition coefficient (Wildman–Crippen LogP) is 2.39. The number of anilines is 1. The van der Waals surface area contributed by atoms with Crippen LogP contribution in [0.3, 0.4) is 0 Å². The number of halogens is 3. The molecule has 0 saturated carbocycles. The molecule has 0 unspecified atom stereocenters. The maximum atomic E-state index is 14.5. The van der Waals surface area contributed by atoms with Crippen molar-refractivity contribution in [1.82, 2.24) is 25.2 Å². The molecular formula is C23H25F3N6O2. The molecule has 4 rings (SSSR count). The van der Waals surface area contributed by atoms with Crippen molar-refractivity contribution in [2.45, 2.75) is 26.8 Å². The van der Waals surface area contributed by atoms with Gasteiger partial charge in [-0.2, -0.15) is 0 Å². The summed E-state index contributed by atoms with van der Waals surface area (Å²) < 4.78 is 39.1. The SMILES string of the molecule is Cc1nc(C(=O)NCC(F)F)ccc1N1CCN(Cc2cc(F)c3nc(C)c(=O)[nH]c3c2)CC1. The van der Waals surface area contributed by atoms with Gasteiger partial charge in [0.2, 0.25) is 0 Å². The number of hydrogen-bond acceptors (Lipinski definition) is 6. The highest BCUT2D eigenvalue weighted by atomic mass is 19.3. The van der Waals surface area contributed by atoms with Crippen LogP contribution < -0.4 is 15.8 Å². The number of nitrogens with one attached hydrogen (secondary N) is 2. The van der Waals surface area contributed by atoms with E-state index in [0.717, 1.165) is 24.3 Å². The number of piperazine rings is 1. The molecule has 0 aliphatic carbocycles. The second-order valence-corrected chi connectivity index (χ2v) is 8.29. The van der Waals surface area contributed by atoms with Crippen molar-refractivity contribution in [1.29, 1.82) is 0 Å². The average molecular weight is 474 g/mol. The molecule has 180 valence electrons. The van der Waals surface area contributed by atoms with Crippen LogP contribution in [0.1, 0.15) is 27.4 Å². The van der Waals surface area contributed by atoms with Crippen LogP contribution in [-0.4, -0.2) is 64.9 Å². The Balaban J connectivity index is 1.39. The standard InChI is InChI=1S/C23H25F3N6O2/c1-13-19(4-3-17(28-13)23(34)27-11-20(25)26)32-7-5-31(6-8-32)12-15-9-16(24)21-18(10-15)30-22(33)14(2)29-21/h3-4,9-10,20H,5-8,11-12H2,1-2H3,(H,27,34)(H,30,33).